The van der Waals surface area contributed by atoms with E-state index in [0.29, 0.717) is 13.0 Å². The molecule has 2 rings (SSSR count). The van der Waals surface area contributed by atoms with Gasteiger partial charge in [0, 0.05) is 25.1 Å². The molecule has 5 heteroatoms. The molecule has 0 bridgehead atoms. The number of rotatable bonds is 6. The van der Waals surface area contributed by atoms with Crippen molar-refractivity contribution in [1.82, 2.24) is 15.6 Å². The minimum atomic E-state index is -0.502. The van der Waals surface area contributed by atoms with Crippen molar-refractivity contribution in [3.8, 4) is 0 Å². The van der Waals surface area contributed by atoms with Crippen LogP contribution < -0.4 is 10.6 Å². The number of benzene rings is 1. The summed E-state index contributed by atoms with van der Waals surface area (Å²) >= 11 is 0. The fourth-order valence-electron chi connectivity index (χ4n) is 2.55. The van der Waals surface area contributed by atoms with Crippen molar-refractivity contribution in [2.75, 3.05) is 6.54 Å². The summed E-state index contributed by atoms with van der Waals surface area (Å²) in [7, 11) is 0. The van der Waals surface area contributed by atoms with Crippen molar-refractivity contribution in [3.63, 3.8) is 0 Å². The molecule has 122 valence electrons. The Bertz CT molecular complexity index is 692. The third-order valence-electron chi connectivity index (χ3n) is 3.72. The summed E-state index contributed by atoms with van der Waals surface area (Å²) in [6.45, 7) is 5.76. The van der Waals surface area contributed by atoms with Gasteiger partial charge in [0.05, 0.1) is 5.52 Å². The fraction of sp³-hybridized carbons (Fsp3) is 0.389. The standard InChI is InChI=1S/C18H23N3O2/c1-12(2)16(21-13(3)22)18(23)20-11-9-15-7-4-6-14-8-5-10-19-17(14)15/h4-8,10,12,16H,9,11H2,1-3H3,(H,20,23)(H,21,22). The van der Waals surface area contributed by atoms with E-state index in [2.05, 4.69) is 15.6 Å². The lowest BCUT2D eigenvalue weighted by Gasteiger charge is -2.21. The lowest BCUT2D eigenvalue weighted by molar-refractivity contribution is -0.129. The summed E-state index contributed by atoms with van der Waals surface area (Å²) < 4.78 is 0. The van der Waals surface area contributed by atoms with Gasteiger partial charge in [-0.15, -0.1) is 0 Å². The SMILES string of the molecule is CC(=O)NC(C(=O)NCCc1cccc2cccnc12)C(C)C. The van der Waals surface area contributed by atoms with Crippen LogP contribution in [0.4, 0.5) is 0 Å². The van der Waals surface area contributed by atoms with Crippen molar-refractivity contribution < 1.29 is 9.59 Å². The predicted octanol–water partition coefficient (Wildman–Crippen LogP) is 2.05. The molecule has 0 radical (unpaired) electrons. The number of nitrogens with zero attached hydrogens (tertiary/aromatic N) is 1. The van der Waals surface area contributed by atoms with Crippen LogP contribution in [0.15, 0.2) is 36.5 Å². The number of carbonyl (C=O) groups excluding carboxylic acids is 2. The summed E-state index contributed by atoms with van der Waals surface area (Å²) in [5.41, 5.74) is 2.07. The summed E-state index contributed by atoms with van der Waals surface area (Å²) in [5.74, 6) is -0.307. The van der Waals surface area contributed by atoms with Gasteiger partial charge in [0.2, 0.25) is 11.8 Å². The van der Waals surface area contributed by atoms with Gasteiger partial charge in [0.1, 0.15) is 6.04 Å². The minimum absolute atomic E-state index is 0.0399. The number of aromatic nitrogens is 1. The van der Waals surface area contributed by atoms with Crippen LogP contribution in [0.1, 0.15) is 26.3 Å². The molecule has 0 fully saturated rings. The van der Waals surface area contributed by atoms with Crippen molar-refractivity contribution in [3.05, 3.63) is 42.1 Å². The van der Waals surface area contributed by atoms with E-state index in [9.17, 15) is 9.59 Å². The molecule has 23 heavy (non-hydrogen) atoms. The zero-order chi connectivity index (χ0) is 16.8. The molecule has 0 aliphatic heterocycles. The molecular weight excluding hydrogens is 290 g/mol. The molecule has 0 spiro atoms. The number of amides is 2. The molecule has 0 aliphatic carbocycles. The Kier molecular flexibility index (Phi) is 5.68. The van der Waals surface area contributed by atoms with E-state index in [1.807, 2.05) is 44.2 Å². The first kappa shape index (κ1) is 16.9. The molecule has 1 atom stereocenters. The van der Waals surface area contributed by atoms with Crippen LogP contribution in [0.2, 0.25) is 0 Å². The second-order valence-electron chi connectivity index (χ2n) is 5.96. The molecule has 0 saturated carbocycles. The number of carbonyl (C=O) groups is 2. The molecule has 1 heterocycles. The van der Waals surface area contributed by atoms with Crippen LogP contribution in [-0.4, -0.2) is 29.4 Å². The van der Waals surface area contributed by atoms with Gasteiger partial charge in [0.25, 0.3) is 0 Å². The predicted molar refractivity (Wildman–Crippen MR) is 90.9 cm³/mol. The van der Waals surface area contributed by atoms with E-state index >= 15 is 0 Å². The van der Waals surface area contributed by atoms with Crippen molar-refractivity contribution in [2.45, 2.75) is 33.2 Å². The van der Waals surface area contributed by atoms with Crippen molar-refractivity contribution >= 4 is 22.7 Å². The van der Waals surface area contributed by atoms with E-state index in [1.54, 1.807) is 6.20 Å². The molecular formula is C18H23N3O2. The van der Waals surface area contributed by atoms with Gasteiger partial charge in [-0.2, -0.15) is 0 Å². The third kappa shape index (κ3) is 4.52. The maximum atomic E-state index is 12.2. The zero-order valence-corrected chi connectivity index (χ0v) is 13.8. The summed E-state index contributed by atoms with van der Waals surface area (Å²) in [4.78, 5) is 27.8. The van der Waals surface area contributed by atoms with Crippen molar-refractivity contribution in [2.24, 2.45) is 5.92 Å². The smallest absolute Gasteiger partial charge is 0.242 e. The molecule has 1 unspecified atom stereocenters. The quantitative estimate of drug-likeness (QED) is 0.857. The average Bonchev–Trinajstić information content (AvgIpc) is 2.52. The Balaban J connectivity index is 1.98. The normalized spacial score (nSPS) is 12.2. The maximum Gasteiger partial charge on any atom is 0.242 e. The molecule has 0 saturated heterocycles. The van der Waals surface area contributed by atoms with E-state index < -0.39 is 6.04 Å². The Hall–Kier alpha value is -2.43. The van der Waals surface area contributed by atoms with E-state index in [1.165, 1.54) is 6.92 Å². The van der Waals surface area contributed by atoms with Crippen molar-refractivity contribution in [1.29, 1.82) is 0 Å². The lowest BCUT2D eigenvalue weighted by Crippen LogP contribution is -2.49. The second kappa shape index (κ2) is 7.72. The average molecular weight is 313 g/mol. The van der Waals surface area contributed by atoms with Gasteiger partial charge in [-0.25, -0.2) is 0 Å². The molecule has 2 aromatic rings. The number of nitrogens with one attached hydrogen (secondary N) is 2. The molecule has 0 aliphatic rings. The minimum Gasteiger partial charge on any atom is -0.354 e. The molecule has 2 N–H and O–H groups in total. The number of hydrogen-bond donors (Lipinski definition) is 2. The van der Waals surface area contributed by atoms with Crippen LogP contribution in [0.5, 0.6) is 0 Å². The van der Waals surface area contributed by atoms with Crippen LogP contribution in [0.3, 0.4) is 0 Å². The summed E-state index contributed by atoms with van der Waals surface area (Å²) in [6.07, 6.45) is 2.47. The van der Waals surface area contributed by atoms with E-state index in [0.717, 1.165) is 16.5 Å². The Morgan fingerprint density at radius 3 is 2.61 bits per heavy atom. The van der Waals surface area contributed by atoms with Crippen LogP contribution in [0.25, 0.3) is 10.9 Å². The van der Waals surface area contributed by atoms with Crippen LogP contribution >= 0.6 is 0 Å². The highest BCUT2D eigenvalue weighted by Crippen LogP contribution is 2.16. The molecule has 1 aromatic carbocycles. The first-order valence-corrected chi connectivity index (χ1v) is 7.86. The Labute approximate surface area is 136 Å². The lowest BCUT2D eigenvalue weighted by atomic mass is 10.0. The van der Waals surface area contributed by atoms with Crippen LogP contribution in [-0.2, 0) is 16.0 Å². The van der Waals surface area contributed by atoms with Gasteiger partial charge in [0.15, 0.2) is 0 Å². The first-order chi connectivity index (χ1) is 11.0. The largest absolute Gasteiger partial charge is 0.354 e. The summed E-state index contributed by atoms with van der Waals surface area (Å²) in [5, 5.41) is 6.69. The number of fused-ring (bicyclic) bond motifs is 1. The number of hydrogen-bond acceptors (Lipinski definition) is 3. The third-order valence-corrected chi connectivity index (χ3v) is 3.72. The van der Waals surface area contributed by atoms with Gasteiger partial charge in [-0.1, -0.05) is 38.1 Å². The van der Waals surface area contributed by atoms with E-state index in [-0.39, 0.29) is 17.7 Å². The van der Waals surface area contributed by atoms with Gasteiger partial charge < -0.3 is 10.6 Å². The Morgan fingerprint density at radius 2 is 1.91 bits per heavy atom. The molecule has 5 nitrogen and oxygen atoms in total. The van der Waals surface area contributed by atoms with Gasteiger partial charge in [-0.3, -0.25) is 14.6 Å². The number of pyridine rings is 1. The van der Waals surface area contributed by atoms with Gasteiger partial charge >= 0.3 is 0 Å². The van der Waals surface area contributed by atoms with E-state index in [4.69, 9.17) is 0 Å². The molecule has 1 aromatic heterocycles. The maximum absolute atomic E-state index is 12.2. The highest BCUT2D eigenvalue weighted by Gasteiger charge is 2.22. The summed E-state index contributed by atoms with van der Waals surface area (Å²) in [6, 6.07) is 9.48. The highest BCUT2D eigenvalue weighted by atomic mass is 16.2. The monoisotopic (exact) mass is 313 g/mol. The zero-order valence-electron chi connectivity index (χ0n) is 13.8. The van der Waals surface area contributed by atoms with Gasteiger partial charge in [-0.05, 0) is 24.0 Å². The molecule has 2 amide bonds. The second-order valence-corrected chi connectivity index (χ2v) is 5.96. The topological polar surface area (TPSA) is 71.1 Å². The fourth-order valence-corrected chi connectivity index (χ4v) is 2.55. The van der Waals surface area contributed by atoms with Crippen LogP contribution in [0, 0.1) is 5.92 Å². The highest BCUT2D eigenvalue weighted by molar-refractivity contribution is 5.87. The Morgan fingerprint density at radius 1 is 1.17 bits per heavy atom. The first-order valence-electron chi connectivity index (χ1n) is 7.86. The number of para-hydroxylation sites is 1.